The van der Waals surface area contributed by atoms with Crippen LogP contribution in [0.4, 0.5) is 0 Å². The molecule has 0 radical (unpaired) electrons. The van der Waals surface area contributed by atoms with E-state index in [9.17, 15) is 22.8 Å². The van der Waals surface area contributed by atoms with Gasteiger partial charge in [-0.2, -0.15) is 0 Å². The number of ketones is 2. The lowest BCUT2D eigenvalue weighted by Crippen LogP contribution is -2.58. The summed E-state index contributed by atoms with van der Waals surface area (Å²) in [7, 11) is -4.32. The molecule has 3 saturated carbocycles. The second-order valence-corrected chi connectivity index (χ2v) is 24.2. The molecule has 1 aromatic heterocycles. The maximum atomic E-state index is 15.4. The number of aromatic amines is 1. The number of amides is 3. The normalized spacial score (nSPS) is 29.0. The van der Waals surface area contributed by atoms with E-state index in [2.05, 4.69) is 54.2 Å². The van der Waals surface area contributed by atoms with Gasteiger partial charge in [0.25, 0.3) is 10.0 Å². The van der Waals surface area contributed by atoms with Crippen LogP contribution in [0.5, 0.6) is 0 Å². The molecule has 0 unspecified atom stereocenters. The molecule has 3 amide bonds. The number of fused-ring (bicyclic) bond motifs is 2. The van der Waals surface area contributed by atoms with E-state index in [-0.39, 0.29) is 75.9 Å². The average Bonchev–Trinajstić information content (AvgIpc) is 3.68. The van der Waals surface area contributed by atoms with Crippen LogP contribution in [-0.2, 0) is 34.0 Å². The molecule has 2 saturated heterocycles. The molecule has 3 N–H and O–H groups in total. The van der Waals surface area contributed by atoms with Crippen molar-refractivity contribution in [2.24, 2.45) is 44.3 Å². The lowest BCUT2D eigenvalue weighted by molar-refractivity contribution is -0.147. The first-order valence-corrected chi connectivity index (χ1v) is 24.4. The summed E-state index contributed by atoms with van der Waals surface area (Å²) < 4.78 is 29.8. The molecule has 7 rings (SSSR count). The van der Waals surface area contributed by atoms with Gasteiger partial charge in [-0.25, -0.2) is 13.1 Å². The topological polar surface area (TPSA) is 166 Å². The van der Waals surface area contributed by atoms with Gasteiger partial charge in [0.05, 0.1) is 29.1 Å². The Balaban J connectivity index is 1.16. The van der Waals surface area contributed by atoms with Gasteiger partial charge >= 0.3 is 0 Å². The largest absolute Gasteiger partial charge is 0.360 e. The number of rotatable bonds is 14. The maximum Gasteiger partial charge on any atom is 0.266 e. The molecule has 5 aliphatic rings. The van der Waals surface area contributed by atoms with E-state index in [4.69, 9.17) is 0 Å². The number of hydrogen-bond donors (Lipinski definition) is 3. The average molecular weight is 874 g/mol. The Bertz CT molecular complexity index is 2260. The van der Waals surface area contributed by atoms with Crippen LogP contribution in [0.1, 0.15) is 133 Å². The highest BCUT2D eigenvalue weighted by Gasteiger charge is 2.85. The monoisotopic (exact) mass is 874 g/mol. The highest BCUT2D eigenvalue weighted by Crippen LogP contribution is 2.88. The minimum absolute atomic E-state index is 0.00356. The van der Waals surface area contributed by atoms with Crippen molar-refractivity contribution in [2.75, 3.05) is 13.1 Å². The summed E-state index contributed by atoms with van der Waals surface area (Å²) in [5, 5.41) is 3.83. The molecule has 340 valence electrons. The highest BCUT2D eigenvalue weighted by molar-refractivity contribution is 7.90. The predicted octanol–water partition coefficient (Wildman–Crippen LogP) is 7.34. The lowest BCUT2D eigenvalue weighted by Gasteiger charge is -2.40. The summed E-state index contributed by atoms with van der Waals surface area (Å²) in [6, 6.07) is 4.73. The summed E-state index contributed by atoms with van der Waals surface area (Å²) in [6.45, 7) is 25.4. The zero-order valence-electron chi connectivity index (χ0n) is 38.8. The number of aromatic nitrogens is 1. The molecule has 5 fully saturated rings. The smallest absolute Gasteiger partial charge is 0.266 e. The summed E-state index contributed by atoms with van der Waals surface area (Å²) in [5.41, 5.74) is -2.72. The number of H-pyrrole nitrogens is 1. The Labute approximate surface area is 369 Å². The van der Waals surface area contributed by atoms with E-state index in [0.717, 1.165) is 45.1 Å². The molecule has 2 spiro atoms. The highest BCUT2D eigenvalue weighted by atomic mass is 32.2. The van der Waals surface area contributed by atoms with Crippen LogP contribution < -0.4 is 10.0 Å². The fraction of sp³-hybridized carbons (Fsp3) is 0.694. The molecule has 1 aromatic carbocycles. The first kappa shape index (κ1) is 46.2. The molecule has 2 aromatic rings. The van der Waals surface area contributed by atoms with E-state index >= 15 is 9.59 Å². The zero-order valence-corrected chi connectivity index (χ0v) is 39.6. The van der Waals surface area contributed by atoms with Crippen LogP contribution >= 0.6 is 0 Å². The SMILES string of the molecule is C=C[C@@H]1C[C@]1(CC(=O)[C@@H]1C[C@@]2(CN1C(=O)[C@@H](CC(=O)[C@@H](NC(=O)[C@@H]1CCCCN1C(C)C)C(C)(C)C)C(C)(C)C)C(C)(C)C21CCC1)C(=O)NS(=O)(=O)c1cccc2cc[nH]c12. The van der Waals surface area contributed by atoms with Crippen molar-refractivity contribution in [3.63, 3.8) is 0 Å². The van der Waals surface area contributed by atoms with E-state index < -0.39 is 56.1 Å². The zero-order chi connectivity index (χ0) is 45.6. The van der Waals surface area contributed by atoms with E-state index in [1.165, 1.54) is 6.07 Å². The van der Waals surface area contributed by atoms with Crippen molar-refractivity contribution in [1.29, 1.82) is 0 Å². The minimum Gasteiger partial charge on any atom is -0.360 e. The number of hydrogen-bond acceptors (Lipinski definition) is 8. The van der Waals surface area contributed by atoms with Crippen LogP contribution in [0, 0.1) is 44.3 Å². The molecule has 2 aliphatic heterocycles. The number of piperidine rings is 1. The molecule has 12 nitrogen and oxygen atoms in total. The van der Waals surface area contributed by atoms with Crippen molar-refractivity contribution in [1.82, 2.24) is 24.8 Å². The number of carbonyl (C=O) groups excluding carboxylic acids is 5. The van der Waals surface area contributed by atoms with Gasteiger partial charge in [-0.3, -0.25) is 28.9 Å². The third kappa shape index (κ3) is 7.48. The number of likely N-dealkylation sites (tertiary alicyclic amines) is 2. The number of nitrogens with zero attached hydrogens (tertiary/aromatic N) is 2. The van der Waals surface area contributed by atoms with Gasteiger partial charge in [0.15, 0.2) is 11.6 Å². The molecular weight excluding hydrogens is 803 g/mol. The molecule has 3 aliphatic carbocycles. The Morgan fingerprint density at radius 2 is 1.63 bits per heavy atom. The maximum absolute atomic E-state index is 15.4. The summed E-state index contributed by atoms with van der Waals surface area (Å²) in [4.78, 5) is 80.0. The standard InChI is InChI=1S/C49H71N5O7S/c1-12-32-26-47(32,43(59)52-62(60,61)38-19-15-17-31-20-23-50-39(31)38)28-37(56)35-27-49(46(10,11)48(49)21-16-22-48)29-54(35)42(58)33(44(4,5)6)25-36(55)40(45(7,8)9)51-41(57)34-18-13-14-24-53(34)30(2)3/h12,15,17,19-20,23,30,32-35,40,50H,1,13-14,16,18,21-22,24-29H2,2-11H3,(H,51,57)(H,52,59)/t32-,33-,34+,35+,40-,47-,49-/m1/s1. The third-order valence-corrected chi connectivity index (χ3v) is 18.0. The van der Waals surface area contributed by atoms with Crippen LogP contribution in [0.2, 0.25) is 0 Å². The fourth-order valence-electron chi connectivity index (χ4n) is 12.4. The molecule has 0 bridgehead atoms. The van der Waals surface area contributed by atoms with E-state index in [1.54, 1.807) is 35.4 Å². The van der Waals surface area contributed by atoms with Crippen molar-refractivity contribution >= 4 is 50.2 Å². The lowest BCUT2D eigenvalue weighted by atomic mass is 9.73. The first-order chi connectivity index (χ1) is 28.8. The minimum atomic E-state index is -4.32. The Hall–Kier alpha value is -3.84. The third-order valence-electron chi connectivity index (χ3n) is 16.6. The van der Waals surface area contributed by atoms with Crippen LogP contribution in [-0.4, -0.2) is 89.7 Å². The number of para-hydroxylation sites is 1. The van der Waals surface area contributed by atoms with Crippen molar-refractivity contribution in [3.8, 4) is 0 Å². The van der Waals surface area contributed by atoms with Crippen LogP contribution in [0.15, 0.2) is 48.0 Å². The Morgan fingerprint density at radius 1 is 0.935 bits per heavy atom. The van der Waals surface area contributed by atoms with Crippen molar-refractivity contribution in [3.05, 3.63) is 43.1 Å². The number of allylic oxidation sites excluding steroid dienone is 1. The van der Waals surface area contributed by atoms with Crippen molar-refractivity contribution in [2.45, 2.75) is 163 Å². The van der Waals surface area contributed by atoms with Gasteiger partial charge in [-0.05, 0) is 98.6 Å². The second-order valence-electron chi connectivity index (χ2n) is 22.5. The summed E-state index contributed by atoms with van der Waals surface area (Å²) in [6.07, 6.45) is 9.39. The Kier molecular flexibility index (Phi) is 11.7. The fourth-order valence-corrected chi connectivity index (χ4v) is 13.7. The van der Waals surface area contributed by atoms with Crippen molar-refractivity contribution < 1.29 is 32.4 Å². The number of carbonyl (C=O) groups is 5. The van der Waals surface area contributed by atoms with Gasteiger partial charge in [0, 0.05) is 48.3 Å². The van der Waals surface area contributed by atoms with Crippen LogP contribution in [0.25, 0.3) is 10.9 Å². The summed E-state index contributed by atoms with van der Waals surface area (Å²) >= 11 is 0. The number of Topliss-reactive ketones (excluding diaryl/α,β-unsaturated/α-hetero) is 2. The predicted molar refractivity (Wildman–Crippen MR) is 240 cm³/mol. The number of benzene rings is 1. The van der Waals surface area contributed by atoms with Gasteiger partial charge < -0.3 is 15.2 Å². The van der Waals surface area contributed by atoms with E-state index in [0.29, 0.717) is 23.9 Å². The van der Waals surface area contributed by atoms with Crippen LogP contribution in [0.3, 0.4) is 0 Å². The van der Waals surface area contributed by atoms with Gasteiger partial charge in [-0.15, -0.1) is 6.58 Å². The molecule has 3 heterocycles. The Morgan fingerprint density at radius 3 is 2.19 bits per heavy atom. The molecule has 62 heavy (non-hydrogen) atoms. The second kappa shape index (κ2) is 15.7. The summed E-state index contributed by atoms with van der Waals surface area (Å²) in [5.74, 6) is -2.92. The first-order valence-electron chi connectivity index (χ1n) is 23.0. The van der Waals surface area contributed by atoms with Gasteiger partial charge in [0.1, 0.15) is 4.90 Å². The number of sulfonamides is 1. The molecule has 7 atom stereocenters. The van der Waals surface area contributed by atoms with Gasteiger partial charge in [0.2, 0.25) is 17.7 Å². The number of nitrogens with one attached hydrogen (secondary N) is 3. The van der Waals surface area contributed by atoms with E-state index in [1.807, 2.05) is 41.5 Å². The quantitative estimate of drug-likeness (QED) is 0.166. The van der Waals surface area contributed by atoms with Gasteiger partial charge in [-0.1, -0.05) is 86.4 Å². The molecular formula is C49H71N5O7S. The molecule has 13 heteroatoms.